The van der Waals surface area contributed by atoms with Crippen molar-refractivity contribution in [2.45, 2.75) is 45.4 Å². The number of hydrogen-bond donors (Lipinski definition) is 0. The monoisotopic (exact) mass is 357 g/mol. The van der Waals surface area contributed by atoms with Crippen LogP contribution in [0.3, 0.4) is 0 Å². The summed E-state index contributed by atoms with van der Waals surface area (Å²) in [4.78, 5) is 6.53. The summed E-state index contributed by atoms with van der Waals surface area (Å²) in [5.41, 5.74) is 2.24. The van der Waals surface area contributed by atoms with Gasteiger partial charge in [0.1, 0.15) is 5.76 Å². The van der Waals surface area contributed by atoms with Crippen LogP contribution in [0.15, 0.2) is 35.1 Å². The highest BCUT2D eigenvalue weighted by Crippen LogP contribution is 2.41. The van der Waals surface area contributed by atoms with E-state index >= 15 is 0 Å². The highest BCUT2D eigenvalue weighted by atomic mass is 16.5. The molecule has 2 aromatic rings. The van der Waals surface area contributed by atoms with Crippen LogP contribution in [0, 0.1) is 12.3 Å². The standard InChI is InChI=1S/C20H27N3O3/c1-16-11-18(22-26-16)12-23-9-5-19-20(14-23,6-2-10-25-19)15-24-13-17-3-7-21-8-4-17/h3-4,7-8,11,19H,2,5-6,9-10,12-15H2,1H3/t19-,20+/m1/s1. The number of pyridine rings is 1. The number of fused-ring (bicyclic) bond motifs is 1. The molecule has 2 aliphatic heterocycles. The van der Waals surface area contributed by atoms with Gasteiger partial charge in [-0.25, -0.2) is 0 Å². The first-order valence-electron chi connectivity index (χ1n) is 9.46. The van der Waals surface area contributed by atoms with Crippen molar-refractivity contribution in [3.05, 3.63) is 47.6 Å². The summed E-state index contributed by atoms with van der Waals surface area (Å²) in [6.07, 6.45) is 7.23. The number of hydrogen-bond acceptors (Lipinski definition) is 6. The lowest BCUT2D eigenvalue weighted by atomic mass is 9.73. The molecule has 2 aromatic heterocycles. The average Bonchev–Trinajstić information content (AvgIpc) is 3.07. The van der Waals surface area contributed by atoms with Gasteiger partial charge < -0.3 is 14.0 Å². The van der Waals surface area contributed by atoms with E-state index in [9.17, 15) is 0 Å². The number of rotatable bonds is 6. The Bertz CT molecular complexity index is 705. The molecule has 0 aliphatic carbocycles. The van der Waals surface area contributed by atoms with Gasteiger partial charge in [0.2, 0.25) is 0 Å². The molecule has 0 bridgehead atoms. The Hall–Kier alpha value is -1.76. The molecule has 0 amide bonds. The van der Waals surface area contributed by atoms with E-state index in [1.807, 2.05) is 37.5 Å². The Morgan fingerprint density at radius 2 is 2.23 bits per heavy atom. The minimum absolute atomic E-state index is 0.0717. The zero-order chi connectivity index (χ0) is 17.8. The third-order valence-electron chi connectivity index (χ3n) is 5.54. The van der Waals surface area contributed by atoms with Crippen molar-refractivity contribution in [3.8, 4) is 0 Å². The summed E-state index contributed by atoms with van der Waals surface area (Å²) < 4.78 is 17.5. The fraction of sp³-hybridized carbons (Fsp3) is 0.600. The quantitative estimate of drug-likeness (QED) is 0.792. The summed E-state index contributed by atoms with van der Waals surface area (Å²) in [7, 11) is 0. The van der Waals surface area contributed by atoms with Crippen molar-refractivity contribution >= 4 is 0 Å². The van der Waals surface area contributed by atoms with Crippen molar-refractivity contribution in [1.29, 1.82) is 0 Å². The van der Waals surface area contributed by atoms with E-state index in [0.717, 1.165) is 69.1 Å². The zero-order valence-electron chi connectivity index (χ0n) is 15.4. The van der Waals surface area contributed by atoms with Gasteiger partial charge in [-0.2, -0.15) is 0 Å². The molecular weight excluding hydrogens is 330 g/mol. The van der Waals surface area contributed by atoms with E-state index in [1.165, 1.54) is 0 Å². The highest BCUT2D eigenvalue weighted by Gasteiger charge is 2.46. The first kappa shape index (κ1) is 17.6. The molecule has 0 aromatic carbocycles. The Balaban J connectivity index is 1.40. The van der Waals surface area contributed by atoms with Gasteiger partial charge >= 0.3 is 0 Å². The Kier molecular flexibility index (Phi) is 5.33. The number of aryl methyl sites for hydroxylation is 1. The molecule has 0 radical (unpaired) electrons. The Morgan fingerprint density at radius 3 is 3.04 bits per heavy atom. The van der Waals surface area contributed by atoms with E-state index in [-0.39, 0.29) is 5.41 Å². The van der Waals surface area contributed by atoms with Crippen molar-refractivity contribution in [2.24, 2.45) is 5.41 Å². The predicted molar refractivity (Wildman–Crippen MR) is 96.4 cm³/mol. The van der Waals surface area contributed by atoms with Gasteiger partial charge in [-0.05, 0) is 43.9 Å². The van der Waals surface area contributed by atoms with Crippen LogP contribution in [-0.2, 0) is 22.6 Å². The molecule has 2 saturated heterocycles. The second kappa shape index (κ2) is 7.86. The third kappa shape index (κ3) is 3.98. The number of aromatic nitrogens is 2. The lowest BCUT2D eigenvalue weighted by Crippen LogP contribution is -2.56. The lowest BCUT2D eigenvalue weighted by Gasteiger charge is -2.50. The number of likely N-dealkylation sites (tertiary alicyclic amines) is 1. The van der Waals surface area contributed by atoms with E-state index < -0.39 is 0 Å². The van der Waals surface area contributed by atoms with Gasteiger partial charge in [-0.15, -0.1) is 0 Å². The smallest absolute Gasteiger partial charge is 0.133 e. The summed E-state index contributed by atoms with van der Waals surface area (Å²) >= 11 is 0. The van der Waals surface area contributed by atoms with Gasteiger partial charge in [0.25, 0.3) is 0 Å². The number of piperidine rings is 1. The van der Waals surface area contributed by atoms with Gasteiger partial charge in [0.15, 0.2) is 0 Å². The van der Waals surface area contributed by atoms with Crippen LogP contribution < -0.4 is 0 Å². The fourth-order valence-electron chi connectivity index (χ4n) is 4.30. The molecule has 0 saturated carbocycles. The number of nitrogens with zero attached hydrogens (tertiary/aromatic N) is 3. The minimum Gasteiger partial charge on any atom is -0.377 e. The van der Waals surface area contributed by atoms with Crippen molar-refractivity contribution in [2.75, 3.05) is 26.3 Å². The minimum atomic E-state index is 0.0717. The zero-order valence-corrected chi connectivity index (χ0v) is 15.4. The van der Waals surface area contributed by atoms with Crippen LogP contribution in [-0.4, -0.2) is 47.4 Å². The van der Waals surface area contributed by atoms with E-state index in [0.29, 0.717) is 12.7 Å². The Labute approximate surface area is 154 Å². The maximum absolute atomic E-state index is 6.15. The normalized spacial score (nSPS) is 26.6. The van der Waals surface area contributed by atoms with Crippen LogP contribution in [0.4, 0.5) is 0 Å². The maximum Gasteiger partial charge on any atom is 0.133 e. The van der Waals surface area contributed by atoms with Gasteiger partial charge in [0.05, 0.1) is 25.0 Å². The molecule has 2 aliphatic rings. The van der Waals surface area contributed by atoms with Crippen LogP contribution >= 0.6 is 0 Å². The second-order valence-electron chi connectivity index (χ2n) is 7.60. The fourth-order valence-corrected chi connectivity index (χ4v) is 4.30. The molecule has 140 valence electrons. The van der Waals surface area contributed by atoms with Gasteiger partial charge in [-0.3, -0.25) is 9.88 Å². The number of ether oxygens (including phenoxy) is 2. The lowest BCUT2D eigenvalue weighted by molar-refractivity contribution is -0.156. The molecule has 6 nitrogen and oxygen atoms in total. The SMILES string of the molecule is Cc1cc(CN2CC[C@H]3OCCC[C@@]3(COCc3ccncc3)C2)no1. The summed E-state index contributed by atoms with van der Waals surface area (Å²) in [6.45, 7) is 7.01. The summed E-state index contributed by atoms with van der Waals surface area (Å²) in [5.74, 6) is 0.867. The van der Waals surface area contributed by atoms with Crippen LogP contribution in [0.25, 0.3) is 0 Å². The molecule has 6 heteroatoms. The molecule has 2 fully saturated rings. The topological polar surface area (TPSA) is 60.6 Å². The summed E-state index contributed by atoms with van der Waals surface area (Å²) in [5, 5.41) is 4.15. The van der Waals surface area contributed by atoms with Gasteiger partial charge in [0, 0.05) is 50.1 Å². The molecular formula is C20H27N3O3. The molecule has 0 spiro atoms. The van der Waals surface area contributed by atoms with Crippen molar-refractivity contribution in [3.63, 3.8) is 0 Å². The van der Waals surface area contributed by atoms with Crippen LogP contribution in [0.2, 0.25) is 0 Å². The first-order valence-corrected chi connectivity index (χ1v) is 9.46. The van der Waals surface area contributed by atoms with Crippen molar-refractivity contribution in [1.82, 2.24) is 15.0 Å². The molecule has 2 atom stereocenters. The molecule has 0 unspecified atom stereocenters. The molecule has 4 heterocycles. The predicted octanol–water partition coefficient (Wildman–Crippen LogP) is 2.97. The average molecular weight is 357 g/mol. The van der Waals surface area contributed by atoms with Crippen LogP contribution in [0.1, 0.15) is 36.3 Å². The molecule has 0 N–H and O–H groups in total. The highest BCUT2D eigenvalue weighted by molar-refractivity contribution is 5.08. The van der Waals surface area contributed by atoms with Crippen LogP contribution in [0.5, 0.6) is 0 Å². The molecule has 4 rings (SSSR count). The van der Waals surface area contributed by atoms with E-state index in [1.54, 1.807) is 0 Å². The maximum atomic E-state index is 6.15. The Morgan fingerprint density at radius 1 is 1.35 bits per heavy atom. The summed E-state index contributed by atoms with van der Waals surface area (Å²) in [6, 6.07) is 6.04. The van der Waals surface area contributed by atoms with E-state index in [4.69, 9.17) is 14.0 Å². The largest absolute Gasteiger partial charge is 0.377 e. The molecule has 26 heavy (non-hydrogen) atoms. The first-order chi connectivity index (χ1) is 12.7. The van der Waals surface area contributed by atoms with Crippen molar-refractivity contribution < 1.29 is 14.0 Å². The van der Waals surface area contributed by atoms with E-state index in [2.05, 4.69) is 15.0 Å². The second-order valence-corrected chi connectivity index (χ2v) is 7.60. The third-order valence-corrected chi connectivity index (χ3v) is 5.54. The van der Waals surface area contributed by atoms with Gasteiger partial charge in [-0.1, -0.05) is 5.16 Å².